The van der Waals surface area contributed by atoms with Gasteiger partial charge in [0.15, 0.2) is 0 Å². The third-order valence-electron chi connectivity index (χ3n) is 2.12. The first-order valence-electron chi connectivity index (χ1n) is 6.05. The summed E-state index contributed by atoms with van der Waals surface area (Å²) >= 11 is 0. The van der Waals surface area contributed by atoms with Crippen molar-refractivity contribution in [1.82, 2.24) is 15.0 Å². The molecule has 20 heavy (non-hydrogen) atoms. The Hall–Kier alpha value is -2.00. The Labute approximate surface area is 118 Å². The average molecular weight is 286 g/mol. The van der Waals surface area contributed by atoms with Crippen molar-refractivity contribution in [2.24, 2.45) is 0 Å². The molecule has 0 aliphatic heterocycles. The van der Waals surface area contributed by atoms with Crippen LogP contribution in [0, 0.1) is 0 Å². The van der Waals surface area contributed by atoms with Gasteiger partial charge >= 0.3 is 0 Å². The molecule has 0 unspecified atom stereocenters. The summed E-state index contributed by atoms with van der Waals surface area (Å²) in [5.41, 5.74) is 11.0. The van der Waals surface area contributed by atoms with Crippen LogP contribution < -0.4 is 16.4 Å². The van der Waals surface area contributed by atoms with Gasteiger partial charge in [-0.15, -0.1) is 0 Å². The van der Waals surface area contributed by atoms with E-state index in [0.29, 0.717) is 19.3 Å². The van der Waals surface area contributed by atoms with Crippen LogP contribution in [0.5, 0.6) is 0 Å². The van der Waals surface area contributed by atoms with Crippen LogP contribution in [0.4, 0.5) is 17.8 Å². The Morgan fingerprint density at radius 1 is 1.15 bits per heavy atom. The smallest absolute Gasteiger partial charge is 0.235 e. The molecule has 1 heterocycles. The molecule has 0 aliphatic rings. The van der Waals surface area contributed by atoms with Gasteiger partial charge in [-0.05, 0) is 6.42 Å². The third kappa shape index (κ3) is 6.81. The van der Waals surface area contributed by atoms with Crippen molar-refractivity contribution in [1.29, 1.82) is 0 Å². The summed E-state index contributed by atoms with van der Waals surface area (Å²) < 4.78 is 10.5. The molecule has 0 radical (unpaired) electrons. The Morgan fingerprint density at radius 2 is 1.75 bits per heavy atom. The molecule has 0 amide bonds. The van der Waals surface area contributed by atoms with Gasteiger partial charge in [0.05, 0.1) is 0 Å². The Morgan fingerprint density at radius 3 is 2.25 bits per heavy atom. The van der Waals surface area contributed by atoms with E-state index >= 15 is 0 Å². The summed E-state index contributed by atoms with van der Waals surface area (Å²) in [5.74, 6) is 0.498. The summed E-state index contributed by atoms with van der Waals surface area (Å²) in [5, 5.41) is 0. The van der Waals surface area contributed by atoms with Crippen LogP contribution in [0.25, 0.3) is 0 Å². The topological polar surface area (TPSA) is 129 Å². The highest BCUT2D eigenvalue weighted by molar-refractivity contribution is 5.38. The summed E-state index contributed by atoms with van der Waals surface area (Å²) in [6.45, 7) is 5.38. The fraction of sp³-hybridized carbons (Fsp3) is 0.636. The maximum atomic E-state index is 8.00. The largest absolute Gasteiger partial charge is 0.368 e. The normalized spacial score (nSPS) is 9.70. The lowest BCUT2D eigenvalue weighted by atomic mass is 10.4. The highest BCUT2D eigenvalue weighted by atomic mass is 16.5. The number of carbonyl (C=O) groups is 1. The van der Waals surface area contributed by atoms with Crippen molar-refractivity contribution >= 4 is 24.6 Å². The first-order valence-corrected chi connectivity index (χ1v) is 6.05. The first-order chi connectivity index (χ1) is 9.67. The van der Waals surface area contributed by atoms with Gasteiger partial charge in [-0.1, -0.05) is 13.3 Å². The molecule has 9 heteroatoms. The molecule has 1 rings (SSSR count). The fourth-order valence-corrected chi connectivity index (χ4v) is 1.27. The SMILES string of the molecule is C=O.CCCCOCN(COC)c1nc(N)nc(N)n1. The van der Waals surface area contributed by atoms with Gasteiger partial charge in [-0.2, -0.15) is 15.0 Å². The van der Waals surface area contributed by atoms with E-state index in [0.717, 1.165) is 12.8 Å². The number of nitrogens with zero attached hydrogens (tertiary/aromatic N) is 4. The average Bonchev–Trinajstić information content (AvgIpc) is 2.43. The van der Waals surface area contributed by atoms with Crippen LogP contribution in [0.2, 0.25) is 0 Å². The molecule has 1 aromatic rings. The van der Waals surface area contributed by atoms with Crippen LogP contribution in [-0.2, 0) is 14.3 Å². The first kappa shape index (κ1) is 18.0. The van der Waals surface area contributed by atoms with Crippen molar-refractivity contribution < 1.29 is 14.3 Å². The molecular weight excluding hydrogens is 264 g/mol. The van der Waals surface area contributed by atoms with E-state index in [2.05, 4.69) is 21.9 Å². The molecule has 0 saturated heterocycles. The zero-order chi connectivity index (χ0) is 15.4. The number of methoxy groups -OCH3 is 1. The van der Waals surface area contributed by atoms with E-state index in [1.807, 2.05) is 6.79 Å². The molecule has 0 aliphatic carbocycles. The van der Waals surface area contributed by atoms with Crippen LogP contribution in [-0.4, -0.2) is 48.9 Å². The van der Waals surface area contributed by atoms with Crippen molar-refractivity contribution in [3.05, 3.63) is 0 Å². The highest BCUT2D eigenvalue weighted by Crippen LogP contribution is 2.10. The predicted octanol–water partition coefficient (Wildman–Crippen LogP) is 0.0356. The van der Waals surface area contributed by atoms with Gasteiger partial charge in [0.1, 0.15) is 20.3 Å². The van der Waals surface area contributed by atoms with E-state index in [4.69, 9.17) is 25.7 Å². The lowest BCUT2D eigenvalue weighted by Crippen LogP contribution is -2.31. The summed E-state index contributed by atoms with van der Waals surface area (Å²) in [6.07, 6.45) is 2.08. The Kier molecular flexibility index (Phi) is 9.79. The fourth-order valence-electron chi connectivity index (χ4n) is 1.27. The number of carbonyl (C=O) groups excluding carboxylic acids is 1. The number of hydrogen-bond donors (Lipinski definition) is 2. The van der Waals surface area contributed by atoms with Gasteiger partial charge in [0.2, 0.25) is 17.8 Å². The zero-order valence-corrected chi connectivity index (χ0v) is 11.9. The monoisotopic (exact) mass is 286 g/mol. The van der Waals surface area contributed by atoms with Crippen LogP contribution in [0.15, 0.2) is 0 Å². The van der Waals surface area contributed by atoms with Gasteiger partial charge in [0.25, 0.3) is 0 Å². The number of unbranched alkanes of at least 4 members (excludes halogenated alkanes) is 1. The van der Waals surface area contributed by atoms with E-state index < -0.39 is 0 Å². The van der Waals surface area contributed by atoms with Crippen LogP contribution in [0.3, 0.4) is 0 Å². The summed E-state index contributed by atoms with van der Waals surface area (Å²) in [4.78, 5) is 21.4. The minimum Gasteiger partial charge on any atom is -0.368 e. The maximum Gasteiger partial charge on any atom is 0.235 e. The van der Waals surface area contributed by atoms with E-state index in [1.165, 1.54) is 0 Å². The number of hydrogen-bond acceptors (Lipinski definition) is 9. The molecule has 1 aromatic heterocycles. The van der Waals surface area contributed by atoms with E-state index in [9.17, 15) is 0 Å². The predicted molar refractivity (Wildman–Crippen MR) is 75.9 cm³/mol. The number of nitrogen functional groups attached to an aromatic ring is 2. The van der Waals surface area contributed by atoms with Crippen molar-refractivity contribution in [2.75, 3.05) is 43.5 Å². The Bertz CT molecular complexity index is 359. The molecule has 0 spiro atoms. The second-order valence-corrected chi connectivity index (χ2v) is 3.70. The van der Waals surface area contributed by atoms with Crippen molar-refractivity contribution in [2.45, 2.75) is 19.8 Å². The number of anilines is 3. The summed E-state index contributed by atoms with van der Waals surface area (Å²) in [7, 11) is 1.58. The number of rotatable bonds is 8. The van der Waals surface area contributed by atoms with Gasteiger partial charge < -0.3 is 25.7 Å². The van der Waals surface area contributed by atoms with E-state index in [-0.39, 0.29) is 18.6 Å². The standard InChI is InChI=1S/C10H20N6O2.CH2O/c1-3-4-5-18-7-16(6-17-2)10-14-8(11)13-9(12)15-10;1-2/h3-7H2,1-2H3,(H4,11,12,13,14,15);1H2. The molecule has 0 aromatic carbocycles. The number of aromatic nitrogens is 3. The lowest BCUT2D eigenvalue weighted by molar-refractivity contribution is -0.0979. The highest BCUT2D eigenvalue weighted by Gasteiger charge is 2.11. The second-order valence-electron chi connectivity index (χ2n) is 3.70. The number of ether oxygens (including phenoxy) is 2. The lowest BCUT2D eigenvalue weighted by Gasteiger charge is -2.21. The molecule has 0 atom stereocenters. The molecule has 114 valence electrons. The zero-order valence-electron chi connectivity index (χ0n) is 11.9. The number of nitrogens with two attached hydrogens (primary N) is 2. The molecule has 0 fully saturated rings. The third-order valence-corrected chi connectivity index (χ3v) is 2.12. The minimum atomic E-state index is 0.0761. The van der Waals surface area contributed by atoms with Crippen molar-refractivity contribution in [3.8, 4) is 0 Å². The second kappa shape index (κ2) is 10.9. The summed E-state index contributed by atoms with van der Waals surface area (Å²) in [6, 6.07) is 0. The van der Waals surface area contributed by atoms with Crippen LogP contribution in [0.1, 0.15) is 19.8 Å². The molecule has 4 N–H and O–H groups in total. The molecule has 0 bridgehead atoms. The van der Waals surface area contributed by atoms with Crippen molar-refractivity contribution in [3.63, 3.8) is 0 Å². The molecule has 9 nitrogen and oxygen atoms in total. The molecular formula is C11H22N6O3. The maximum absolute atomic E-state index is 8.00. The Balaban J connectivity index is 0.00000172. The molecule has 0 saturated carbocycles. The van der Waals surface area contributed by atoms with E-state index in [1.54, 1.807) is 12.0 Å². The minimum absolute atomic E-state index is 0.0761. The van der Waals surface area contributed by atoms with Gasteiger partial charge in [0, 0.05) is 13.7 Å². The van der Waals surface area contributed by atoms with Gasteiger partial charge in [-0.25, -0.2) is 0 Å². The van der Waals surface area contributed by atoms with Gasteiger partial charge in [-0.3, -0.25) is 4.90 Å². The van der Waals surface area contributed by atoms with Crippen LogP contribution >= 0.6 is 0 Å². The quantitative estimate of drug-likeness (QED) is 0.502.